The molecule has 3 aliphatic heterocycles. The summed E-state index contributed by atoms with van der Waals surface area (Å²) >= 11 is 1.50. The van der Waals surface area contributed by atoms with Gasteiger partial charge in [0.2, 0.25) is 5.91 Å². The van der Waals surface area contributed by atoms with Crippen molar-refractivity contribution < 1.29 is 19.1 Å². The Hall–Kier alpha value is -2.62. The van der Waals surface area contributed by atoms with Crippen LogP contribution < -0.4 is 5.32 Å². The second-order valence-electron chi connectivity index (χ2n) is 8.94. The van der Waals surface area contributed by atoms with Gasteiger partial charge < -0.3 is 19.7 Å². The number of fused-ring (bicyclic) bond motifs is 1. The molecule has 0 aromatic heterocycles. The highest BCUT2D eigenvalue weighted by Crippen LogP contribution is 2.46. The molecule has 0 saturated carbocycles. The van der Waals surface area contributed by atoms with Crippen LogP contribution in [0.2, 0.25) is 0 Å². The standard InChI is InChI=1S/C26H34N4O4S/c1-5-21-23(25(32)33-4)24(20-14-17(2)6-7-18(20)3)30-19(16-35-26(30)28-21)15-22(31)27-8-9-29-10-12-34-13-11-29/h6-7,14,16,24H,5,8-13,15H2,1-4H3,(H,27,31)/t24-/m0/s1. The van der Waals surface area contributed by atoms with Gasteiger partial charge >= 0.3 is 5.97 Å². The summed E-state index contributed by atoms with van der Waals surface area (Å²) in [5, 5.41) is 5.82. The maximum atomic E-state index is 13.0. The Labute approximate surface area is 211 Å². The van der Waals surface area contributed by atoms with E-state index in [-0.39, 0.29) is 18.3 Å². The number of morpholine rings is 1. The zero-order chi connectivity index (χ0) is 24.9. The van der Waals surface area contributed by atoms with Gasteiger partial charge in [-0.3, -0.25) is 9.69 Å². The lowest BCUT2D eigenvalue weighted by atomic mass is 9.89. The molecule has 0 unspecified atom stereocenters. The largest absolute Gasteiger partial charge is 0.466 e. The third-order valence-corrected chi connectivity index (χ3v) is 7.44. The minimum atomic E-state index is -0.396. The highest BCUT2D eigenvalue weighted by molar-refractivity contribution is 8.16. The minimum Gasteiger partial charge on any atom is -0.466 e. The summed E-state index contributed by atoms with van der Waals surface area (Å²) in [6.45, 7) is 10.7. The molecule has 1 amide bonds. The van der Waals surface area contributed by atoms with E-state index < -0.39 is 6.04 Å². The number of carbonyl (C=O) groups excluding carboxylic acids is 2. The molecule has 1 aromatic carbocycles. The molecule has 1 saturated heterocycles. The van der Waals surface area contributed by atoms with Crippen LogP contribution in [-0.2, 0) is 19.1 Å². The summed E-state index contributed by atoms with van der Waals surface area (Å²) in [5.74, 6) is -0.433. The third-order valence-electron chi connectivity index (χ3n) is 6.55. The Bertz CT molecular complexity index is 1080. The number of nitrogens with zero attached hydrogens (tertiary/aromatic N) is 3. The highest BCUT2D eigenvalue weighted by atomic mass is 32.2. The summed E-state index contributed by atoms with van der Waals surface area (Å²) < 4.78 is 10.6. The van der Waals surface area contributed by atoms with Gasteiger partial charge in [0.1, 0.15) is 0 Å². The van der Waals surface area contributed by atoms with Crippen molar-refractivity contribution in [1.29, 1.82) is 0 Å². The maximum Gasteiger partial charge on any atom is 0.338 e. The number of esters is 1. The van der Waals surface area contributed by atoms with Crippen molar-refractivity contribution in [3.8, 4) is 0 Å². The topological polar surface area (TPSA) is 83.5 Å². The monoisotopic (exact) mass is 498 g/mol. The summed E-state index contributed by atoms with van der Waals surface area (Å²) in [5.41, 5.74) is 5.30. The summed E-state index contributed by atoms with van der Waals surface area (Å²) in [6, 6.07) is 5.85. The second-order valence-corrected chi connectivity index (χ2v) is 9.78. The lowest BCUT2D eigenvalue weighted by Gasteiger charge is -2.37. The smallest absolute Gasteiger partial charge is 0.338 e. The molecular weight excluding hydrogens is 464 g/mol. The summed E-state index contributed by atoms with van der Waals surface area (Å²) in [7, 11) is 1.40. The molecular formula is C26H34N4O4S. The first-order chi connectivity index (χ1) is 16.9. The van der Waals surface area contributed by atoms with Crippen LogP contribution in [-0.4, -0.2) is 73.3 Å². The predicted molar refractivity (Wildman–Crippen MR) is 138 cm³/mol. The van der Waals surface area contributed by atoms with Crippen molar-refractivity contribution in [3.05, 3.63) is 57.3 Å². The highest BCUT2D eigenvalue weighted by Gasteiger charge is 2.42. The quantitative estimate of drug-likeness (QED) is 0.551. The number of carbonyl (C=O) groups is 2. The van der Waals surface area contributed by atoms with E-state index in [0.717, 1.165) is 66.1 Å². The molecule has 3 aliphatic rings. The Morgan fingerprint density at radius 1 is 1.26 bits per heavy atom. The SMILES string of the molecule is CCC1=C(C(=O)OC)[C@H](c2cc(C)ccc2C)N2C(CC(=O)NCCN3CCOCC3)=CSC2=N1. The number of hydrogen-bond donors (Lipinski definition) is 1. The minimum absolute atomic E-state index is 0.0454. The van der Waals surface area contributed by atoms with Gasteiger partial charge in [-0.05, 0) is 36.8 Å². The van der Waals surface area contributed by atoms with Crippen molar-refractivity contribution in [2.24, 2.45) is 4.99 Å². The number of thioether (sulfide) groups is 1. The van der Waals surface area contributed by atoms with Crippen LogP contribution in [0.4, 0.5) is 0 Å². The number of nitrogens with one attached hydrogen (secondary N) is 1. The van der Waals surface area contributed by atoms with Crippen LogP contribution in [0.3, 0.4) is 0 Å². The number of amides is 1. The van der Waals surface area contributed by atoms with Crippen LogP contribution in [0.25, 0.3) is 0 Å². The molecule has 1 aromatic rings. The van der Waals surface area contributed by atoms with Crippen molar-refractivity contribution >= 4 is 28.8 Å². The molecule has 35 heavy (non-hydrogen) atoms. The van der Waals surface area contributed by atoms with Gasteiger partial charge in [-0.2, -0.15) is 0 Å². The number of benzene rings is 1. The van der Waals surface area contributed by atoms with Gasteiger partial charge in [0.25, 0.3) is 0 Å². The van der Waals surface area contributed by atoms with E-state index in [2.05, 4.69) is 28.4 Å². The number of ether oxygens (including phenoxy) is 2. The lowest BCUT2D eigenvalue weighted by molar-refractivity contribution is -0.136. The lowest BCUT2D eigenvalue weighted by Crippen LogP contribution is -2.42. The summed E-state index contributed by atoms with van der Waals surface area (Å²) in [4.78, 5) is 35.1. The number of aliphatic imine (C=N–C) groups is 1. The number of hydrogen-bond acceptors (Lipinski definition) is 8. The van der Waals surface area contributed by atoms with E-state index in [1.165, 1.54) is 18.9 Å². The number of rotatable bonds is 8. The first-order valence-corrected chi connectivity index (χ1v) is 13.0. The van der Waals surface area contributed by atoms with E-state index in [1.54, 1.807) is 0 Å². The number of methoxy groups -OCH3 is 1. The summed E-state index contributed by atoms with van der Waals surface area (Å²) in [6.07, 6.45) is 0.827. The number of allylic oxidation sites excluding steroid dienone is 1. The van der Waals surface area contributed by atoms with Crippen LogP contribution in [0, 0.1) is 13.8 Å². The number of aryl methyl sites for hydroxylation is 2. The molecule has 9 heteroatoms. The zero-order valence-electron chi connectivity index (χ0n) is 20.9. The van der Waals surface area contributed by atoms with Crippen molar-refractivity contribution in [2.75, 3.05) is 46.5 Å². The van der Waals surface area contributed by atoms with Crippen molar-refractivity contribution in [2.45, 2.75) is 39.7 Å². The van der Waals surface area contributed by atoms with Crippen molar-refractivity contribution in [3.63, 3.8) is 0 Å². The first-order valence-electron chi connectivity index (χ1n) is 12.1. The van der Waals surface area contributed by atoms with E-state index in [0.29, 0.717) is 18.5 Å². The average molecular weight is 499 g/mol. The molecule has 1 N–H and O–H groups in total. The average Bonchev–Trinajstić information content (AvgIpc) is 3.26. The fourth-order valence-electron chi connectivity index (χ4n) is 4.67. The van der Waals surface area contributed by atoms with E-state index in [1.807, 2.05) is 31.1 Å². The van der Waals surface area contributed by atoms with Gasteiger partial charge in [0.05, 0.1) is 44.1 Å². The van der Waals surface area contributed by atoms with Crippen molar-refractivity contribution in [1.82, 2.24) is 15.1 Å². The fraction of sp³-hybridized carbons (Fsp3) is 0.500. The van der Waals surface area contributed by atoms with Crippen LogP contribution in [0.5, 0.6) is 0 Å². The van der Waals surface area contributed by atoms with E-state index >= 15 is 0 Å². The molecule has 188 valence electrons. The molecule has 3 heterocycles. The molecule has 8 nitrogen and oxygen atoms in total. The Kier molecular flexibility index (Phi) is 8.30. The molecule has 0 radical (unpaired) electrons. The van der Waals surface area contributed by atoms with Crippen LogP contribution in [0.15, 0.2) is 45.6 Å². The molecule has 4 rings (SSSR count). The van der Waals surface area contributed by atoms with E-state index in [9.17, 15) is 9.59 Å². The molecule has 0 spiro atoms. The normalized spacial score (nSPS) is 20.3. The van der Waals surface area contributed by atoms with E-state index in [4.69, 9.17) is 14.5 Å². The number of amidine groups is 1. The Balaban J connectivity index is 1.57. The Morgan fingerprint density at radius 2 is 2.03 bits per heavy atom. The third kappa shape index (κ3) is 5.63. The first kappa shape index (κ1) is 25.5. The molecule has 0 bridgehead atoms. The fourth-order valence-corrected chi connectivity index (χ4v) is 5.60. The van der Waals surface area contributed by atoms with Gasteiger partial charge in [-0.1, -0.05) is 42.4 Å². The van der Waals surface area contributed by atoms with Gasteiger partial charge in [0.15, 0.2) is 5.17 Å². The van der Waals surface area contributed by atoms with Gasteiger partial charge in [-0.25, -0.2) is 9.79 Å². The molecule has 0 aliphatic carbocycles. The second kappa shape index (κ2) is 11.4. The molecule has 1 fully saturated rings. The van der Waals surface area contributed by atoms with Gasteiger partial charge in [0, 0.05) is 31.9 Å². The molecule has 1 atom stereocenters. The van der Waals surface area contributed by atoms with Crippen LogP contribution in [0.1, 0.15) is 42.5 Å². The maximum absolute atomic E-state index is 13.0. The Morgan fingerprint density at radius 3 is 2.74 bits per heavy atom. The van der Waals surface area contributed by atoms with Crippen LogP contribution >= 0.6 is 11.8 Å². The zero-order valence-corrected chi connectivity index (χ0v) is 21.7. The predicted octanol–water partition coefficient (Wildman–Crippen LogP) is 3.28. The van der Waals surface area contributed by atoms with Gasteiger partial charge in [-0.15, -0.1) is 0 Å².